The van der Waals surface area contributed by atoms with E-state index in [1.165, 1.54) is 23.1 Å². The Balaban J connectivity index is 1.64. The van der Waals surface area contributed by atoms with Crippen molar-refractivity contribution in [2.45, 2.75) is 20.4 Å². The SMILES string of the molecule is CC(=O)NCc1ccc(C(=O)Nc2nc(-c3ccc(C)s3)cs2)cc1. The van der Waals surface area contributed by atoms with Crippen molar-refractivity contribution in [2.75, 3.05) is 5.32 Å². The number of amides is 2. The van der Waals surface area contributed by atoms with Gasteiger partial charge in [0.15, 0.2) is 5.13 Å². The molecular weight excluding hydrogens is 354 g/mol. The van der Waals surface area contributed by atoms with E-state index < -0.39 is 0 Å². The van der Waals surface area contributed by atoms with Crippen LogP contribution in [-0.4, -0.2) is 16.8 Å². The fourth-order valence-electron chi connectivity index (χ4n) is 2.19. The summed E-state index contributed by atoms with van der Waals surface area (Å²) in [5, 5.41) is 8.07. The number of benzene rings is 1. The van der Waals surface area contributed by atoms with Gasteiger partial charge in [0.2, 0.25) is 5.91 Å². The van der Waals surface area contributed by atoms with Gasteiger partial charge in [-0.15, -0.1) is 22.7 Å². The highest BCUT2D eigenvalue weighted by atomic mass is 32.1. The number of rotatable bonds is 5. The van der Waals surface area contributed by atoms with Crippen molar-refractivity contribution in [3.8, 4) is 10.6 Å². The van der Waals surface area contributed by atoms with E-state index in [4.69, 9.17) is 0 Å². The van der Waals surface area contributed by atoms with Gasteiger partial charge in [-0.05, 0) is 36.8 Å². The van der Waals surface area contributed by atoms with E-state index in [9.17, 15) is 9.59 Å². The van der Waals surface area contributed by atoms with Crippen LogP contribution in [0, 0.1) is 6.92 Å². The van der Waals surface area contributed by atoms with Crippen LogP contribution in [0.15, 0.2) is 41.8 Å². The first-order chi connectivity index (χ1) is 12.0. The van der Waals surface area contributed by atoms with Crippen LogP contribution in [-0.2, 0) is 11.3 Å². The molecule has 0 saturated heterocycles. The number of aryl methyl sites for hydroxylation is 1. The molecule has 3 rings (SSSR count). The second-order valence-corrected chi connectivity index (χ2v) is 7.65. The summed E-state index contributed by atoms with van der Waals surface area (Å²) in [5.74, 6) is -0.281. The molecule has 2 heterocycles. The van der Waals surface area contributed by atoms with Crippen molar-refractivity contribution in [1.82, 2.24) is 10.3 Å². The summed E-state index contributed by atoms with van der Waals surface area (Å²) in [7, 11) is 0. The lowest BCUT2D eigenvalue weighted by Crippen LogP contribution is -2.19. The zero-order valence-electron chi connectivity index (χ0n) is 13.8. The molecule has 5 nitrogen and oxygen atoms in total. The van der Waals surface area contributed by atoms with Crippen LogP contribution in [0.25, 0.3) is 10.6 Å². The number of anilines is 1. The van der Waals surface area contributed by atoms with E-state index in [1.807, 2.05) is 23.6 Å². The minimum Gasteiger partial charge on any atom is -0.352 e. The molecule has 0 aliphatic rings. The summed E-state index contributed by atoms with van der Waals surface area (Å²) in [4.78, 5) is 30.0. The summed E-state index contributed by atoms with van der Waals surface area (Å²) in [6, 6.07) is 11.2. The third kappa shape index (κ3) is 4.52. The monoisotopic (exact) mass is 371 g/mol. The molecule has 0 aliphatic carbocycles. The maximum Gasteiger partial charge on any atom is 0.257 e. The van der Waals surface area contributed by atoms with Crippen LogP contribution in [0.4, 0.5) is 5.13 Å². The van der Waals surface area contributed by atoms with Gasteiger partial charge in [-0.3, -0.25) is 14.9 Å². The minimum absolute atomic E-state index is 0.0812. The van der Waals surface area contributed by atoms with E-state index in [-0.39, 0.29) is 11.8 Å². The highest BCUT2D eigenvalue weighted by Gasteiger charge is 2.11. The van der Waals surface area contributed by atoms with Crippen LogP contribution >= 0.6 is 22.7 Å². The molecule has 2 amide bonds. The average Bonchev–Trinajstić information content (AvgIpc) is 3.22. The molecule has 0 radical (unpaired) electrons. The van der Waals surface area contributed by atoms with E-state index in [2.05, 4.69) is 28.6 Å². The molecule has 0 fully saturated rings. The van der Waals surface area contributed by atoms with Gasteiger partial charge in [0.1, 0.15) is 0 Å². The molecule has 3 aromatic rings. The Kier molecular flexibility index (Phi) is 5.25. The minimum atomic E-state index is -0.200. The molecule has 2 aromatic heterocycles. The first kappa shape index (κ1) is 17.3. The maximum absolute atomic E-state index is 12.3. The quantitative estimate of drug-likeness (QED) is 0.710. The smallest absolute Gasteiger partial charge is 0.257 e. The van der Waals surface area contributed by atoms with E-state index >= 15 is 0 Å². The van der Waals surface area contributed by atoms with Gasteiger partial charge in [0, 0.05) is 29.3 Å². The molecule has 0 saturated carbocycles. The van der Waals surface area contributed by atoms with Gasteiger partial charge in [0.05, 0.1) is 10.6 Å². The Morgan fingerprint density at radius 1 is 1.12 bits per heavy atom. The zero-order valence-corrected chi connectivity index (χ0v) is 15.5. The number of nitrogens with one attached hydrogen (secondary N) is 2. The van der Waals surface area contributed by atoms with Crippen LogP contribution in [0.3, 0.4) is 0 Å². The predicted molar refractivity (Wildman–Crippen MR) is 102 cm³/mol. The van der Waals surface area contributed by atoms with E-state index in [0.717, 1.165) is 16.1 Å². The molecule has 128 valence electrons. The van der Waals surface area contributed by atoms with E-state index in [1.54, 1.807) is 23.5 Å². The lowest BCUT2D eigenvalue weighted by atomic mass is 10.1. The van der Waals surface area contributed by atoms with Gasteiger partial charge in [-0.1, -0.05) is 12.1 Å². The van der Waals surface area contributed by atoms with Crippen LogP contribution < -0.4 is 10.6 Å². The second kappa shape index (κ2) is 7.58. The number of hydrogen-bond acceptors (Lipinski definition) is 5. The molecule has 7 heteroatoms. The second-order valence-electron chi connectivity index (χ2n) is 5.51. The Bertz CT molecular complexity index is 897. The number of thiophene rings is 1. The normalized spacial score (nSPS) is 10.5. The molecule has 0 unspecified atom stereocenters. The lowest BCUT2D eigenvalue weighted by Gasteiger charge is -2.05. The van der Waals surface area contributed by atoms with Gasteiger partial charge in [0.25, 0.3) is 5.91 Å². The van der Waals surface area contributed by atoms with E-state index in [0.29, 0.717) is 17.2 Å². The fraction of sp³-hybridized carbons (Fsp3) is 0.167. The molecule has 0 spiro atoms. The third-order valence-corrected chi connectivity index (χ3v) is 5.26. The summed E-state index contributed by atoms with van der Waals surface area (Å²) >= 11 is 3.09. The van der Waals surface area contributed by atoms with Crippen molar-refractivity contribution < 1.29 is 9.59 Å². The number of carbonyl (C=O) groups excluding carboxylic acids is 2. The average molecular weight is 371 g/mol. The Morgan fingerprint density at radius 2 is 1.88 bits per heavy atom. The fourth-order valence-corrected chi connectivity index (χ4v) is 3.79. The molecule has 0 atom stereocenters. The van der Waals surface area contributed by atoms with Crippen LogP contribution in [0.5, 0.6) is 0 Å². The van der Waals surface area contributed by atoms with Crippen molar-refractivity contribution in [3.05, 3.63) is 57.8 Å². The number of aromatic nitrogens is 1. The number of hydrogen-bond donors (Lipinski definition) is 2. The Hall–Kier alpha value is -2.51. The highest BCUT2D eigenvalue weighted by molar-refractivity contribution is 7.17. The summed E-state index contributed by atoms with van der Waals surface area (Å²) < 4.78 is 0. The van der Waals surface area contributed by atoms with Gasteiger partial charge in [-0.2, -0.15) is 0 Å². The predicted octanol–water partition coefficient (Wildman–Crippen LogP) is 4.07. The van der Waals surface area contributed by atoms with Crippen LogP contribution in [0.2, 0.25) is 0 Å². The largest absolute Gasteiger partial charge is 0.352 e. The number of carbonyl (C=O) groups is 2. The summed E-state index contributed by atoms with van der Waals surface area (Å²) in [5.41, 5.74) is 2.37. The van der Waals surface area contributed by atoms with Crippen molar-refractivity contribution >= 4 is 39.6 Å². The van der Waals surface area contributed by atoms with Crippen molar-refractivity contribution in [3.63, 3.8) is 0 Å². The molecule has 0 aliphatic heterocycles. The number of nitrogens with zero attached hydrogens (tertiary/aromatic N) is 1. The Labute approximate surface area is 153 Å². The first-order valence-electron chi connectivity index (χ1n) is 7.68. The standard InChI is InChI=1S/C18H17N3O2S2/c1-11-3-8-16(25-11)15-10-24-18(20-15)21-17(23)14-6-4-13(5-7-14)9-19-12(2)22/h3-8,10H,9H2,1-2H3,(H,19,22)(H,20,21,23). The molecular formula is C18H17N3O2S2. The topological polar surface area (TPSA) is 71.1 Å². The first-order valence-corrected chi connectivity index (χ1v) is 9.38. The summed E-state index contributed by atoms with van der Waals surface area (Å²) in [6.45, 7) is 3.98. The van der Waals surface area contributed by atoms with Gasteiger partial charge in [-0.25, -0.2) is 4.98 Å². The van der Waals surface area contributed by atoms with Gasteiger partial charge >= 0.3 is 0 Å². The molecule has 1 aromatic carbocycles. The molecule has 2 N–H and O–H groups in total. The lowest BCUT2D eigenvalue weighted by molar-refractivity contribution is -0.119. The van der Waals surface area contributed by atoms with Crippen molar-refractivity contribution in [1.29, 1.82) is 0 Å². The molecule has 0 bridgehead atoms. The van der Waals surface area contributed by atoms with Gasteiger partial charge < -0.3 is 5.32 Å². The molecule has 25 heavy (non-hydrogen) atoms. The maximum atomic E-state index is 12.3. The number of thiazole rings is 1. The third-order valence-electron chi connectivity index (χ3n) is 3.48. The Morgan fingerprint density at radius 3 is 2.52 bits per heavy atom. The van der Waals surface area contributed by atoms with Crippen molar-refractivity contribution in [2.24, 2.45) is 0 Å². The highest BCUT2D eigenvalue weighted by Crippen LogP contribution is 2.30. The summed E-state index contributed by atoms with van der Waals surface area (Å²) in [6.07, 6.45) is 0. The zero-order chi connectivity index (χ0) is 17.8. The van der Waals surface area contributed by atoms with Crippen LogP contribution in [0.1, 0.15) is 27.7 Å².